The number of rotatable bonds is 3. The Balaban J connectivity index is 1.40. The second-order valence-corrected chi connectivity index (χ2v) is 8.40. The van der Waals surface area contributed by atoms with Crippen LogP contribution in [0.15, 0.2) is 50.4 Å². The van der Waals surface area contributed by atoms with Gasteiger partial charge >= 0.3 is 5.63 Å². The van der Waals surface area contributed by atoms with Crippen LogP contribution < -0.4 is 10.5 Å². The molecular weight excluding hydrogens is 406 g/mol. The first-order valence-corrected chi connectivity index (χ1v) is 10.8. The molecule has 164 valence electrons. The van der Waals surface area contributed by atoms with Crippen molar-refractivity contribution < 1.29 is 13.6 Å². The first-order chi connectivity index (χ1) is 15.4. The maximum absolute atomic E-state index is 13.0. The number of aromatic nitrogens is 1. The minimum absolute atomic E-state index is 0.0369. The Labute approximate surface area is 185 Å². The molecule has 3 aromatic heterocycles. The Kier molecular flexibility index (Phi) is 4.96. The summed E-state index contributed by atoms with van der Waals surface area (Å²) in [4.78, 5) is 34.2. The molecule has 0 spiro atoms. The minimum atomic E-state index is -0.457. The minimum Gasteiger partial charge on any atom is -0.464 e. The summed E-state index contributed by atoms with van der Waals surface area (Å²) in [6.07, 6.45) is 3.52. The van der Waals surface area contributed by atoms with Crippen molar-refractivity contribution in [1.29, 1.82) is 0 Å². The van der Waals surface area contributed by atoms with Gasteiger partial charge in [-0.2, -0.15) is 0 Å². The van der Waals surface area contributed by atoms with E-state index in [0.29, 0.717) is 37.3 Å². The molecule has 4 aromatic rings. The van der Waals surface area contributed by atoms with Crippen LogP contribution in [-0.4, -0.2) is 42.0 Å². The maximum atomic E-state index is 13.0. The molecule has 1 aliphatic heterocycles. The molecule has 0 bridgehead atoms. The largest absolute Gasteiger partial charge is 0.464 e. The van der Waals surface area contributed by atoms with E-state index in [-0.39, 0.29) is 12.3 Å². The smallest absolute Gasteiger partial charge is 0.340 e. The number of hydrogen-bond acceptors (Lipinski definition) is 6. The zero-order valence-electron chi connectivity index (χ0n) is 18.5. The summed E-state index contributed by atoms with van der Waals surface area (Å²) < 4.78 is 11.3. The number of fused-ring (bicyclic) bond motifs is 2. The molecule has 1 aromatic carbocycles. The van der Waals surface area contributed by atoms with Gasteiger partial charge in [0.15, 0.2) is 0 Å². The predicted molar refractivity (Wildman–Crippen MR) is 123 cm³/mol. The molecule has 0 unspecified atom stereocenters. The van der Waals surface area contributed by atoms with E-state index in [9.17, 15) is 9.59 Å². The van der Waals surface area contributed by atoms with Gasteiger partial charge in [-0.1, -0.05) is 6.07 Å². The van der Waals surface area contributed by atoms with Crippen LogP contribution in [0.25, 0.3) is 21.9 Å². The van der Waals surface area contributed by atoms with Crippen molar-refractivity contribution in [3.8, 4) is 0 Å². The van der Waals surface area contributed by atoms with E-state index < -0.39 is 5.63 Å². The van der Waals surface area contributed by atoms with Crippen LogP contribution in [0.5, 0.6) is 0 Å². The van der Waals surface area contributed by atoms with Crippen LogP contribution >= 0.6 is 0 Å². The molecule has 1 aliphatic rings. The summed E-state index contributed by atoms with van der Waals surface area (Å²) in [5.74, 6) is 0.861. The Morgan fingerprint density at radius 3 is 2.53 bits per heavy atom. The number of nitrogens with zero attached hydrogens (tertiary/aromatic N) is 3. The first kappa shape index (κ1) is 20.3. The third-order valence-corrected chi connectivity index (χ3v) is 6.47. The molecule has 0 aliphatic carbocycles. The molecule has 4 heterocycles. The summed E-state index contributed by atoms with van der Waals surface area (Å²) in [5, 5.41) is 1.84. The maximum Gasteiger partial charge on any atom is 0.340 e. The van der Waals surface area contributed by atoms with Crippen molar-refractivity contribution in [3.05, 3.63) is 69.4 Å². The number of amides is 1. The van der Waals surface area contributed by atoms with Gasteiger partial charge in [-0.25, -0.2) is 9.78 Å². The standard InChI is InChI=1S/C25H25N3O4/c1-15-14-31-23-17(3)24-19(12-18(15)23)16(2)20(25(30)32-24)13-22(29)28-10-8-27(9-11-28)21-6-4-5-7-26-21/h4-7,12,14H,8-11,13H2,1-3H3. The van der Waals surface area contributed by atoms with Gasteiger partial charge in [-0.15, -0.1) is 0 Å². The molecule has 5 rings (SSSR count). The molecular formula is C25H25N3O4. The van der Waals surface area contributed by atoms with Crippen molar-refractivity contribution in [2.75, 3.05) is 31.1 Å². The number of furan rings is 1. The second kappa shape index (κ2) is 7.82. The number of anilines is 1. The lowest BCUT2D eigenvalue weighted by atomic mass is 9.99. The molecule has 1 saturated heterocycles. The fraction of sp³-hybridized carbons (Fsp3) is 0.320. The highest BCUT2D eigenvalue weighted by atomic mass is 16.4. The molecule has 0 atom stereocenters. The normalized spacial score (nSPS) is 14.5. The molecule has 1 fully saturated rings. The van der Waals surface area contributed by atoms with Crippen molar-refractivity contribution in [2.24, 2.45) is 0 Å². The topological polar surface area (TPSA) is 79.8 Å². The lowest BCUT2D eigenvalue weighted by Crippen LogP contribution is -2.49. The van der Waals surface area contributed by atoms with Crippen LogP contribution in [0, 0.1) is 20.8 Å². The zero-order chi connectivity index (χ0) is 22.4. The highest BCUT2D eigenvalue weighted by molar-refractivity contribution is 6.00. The summed E-state index contributed by atoms with van der Waals surface area (Å²) in [7, 11) is 0. The van der Waals surface area contributed by atoms with E-state index >= 15 is 0 Å². The van der Waals surface area contributed by atoms with Crippen molar-refractivity contribution in [3.63, 3.8) is 0 Å². The summed E-state index contributed by atoms with van der Waals surface area (Å²) in [6, 6.07) is 7.82. The lowest BCUT2D eigenvalue weighted by Gasteiger charge is -2.35. The summed E-state index contributed by atoms with van der Waals surface area (Å²) in [5.41, 5.74) is 3.84. The van der Waals surface area contributed by atoms with E-state index in [2.05, 4.69) is 9.88 Å². The number of carbonyl (C=O) groups excluding carboxylic acids is 1. The molecule has 7 nitrogen and oxygen atoms in total. The van der Waals surface area contributed by atoms with Crippen LogP contribution in [0.1, 0.15) is 22.3 Å². The third kappa shape index (κ3) is 3.34. The summed E-state index contributed by atoms with van der Waals surface area (Å²) >= 11 is 0. The third-order valence-electron chi connectivity index (χ3n) is 6.47. The molecule has 0 saturated carbocycles. The Bertz CT molecular complexity index is 1380. The predicted octanol–water partition coefficient (Wildman–Crippen LogP) is 3.75. The number of carbonyl (C=O) groups is 1. The SMILES string of the molecule is Cc1coc2c(C)c3oc(=O)c(CC(=O)N4CCN(c5ccccn5)CC4)c(C)c3cc12. The van der Waals surface area contributed by atoms with Crippen molar-refractivity contribution in [2.45, 2.75) is 27.2 Å². The van der Waals surface area contributed by atoms with E-state index in [0.717, 1.165) is 38.9 Å². The lowest BCUT2D eigenvalue weighted by molar-refractivity contribution is -0.130. The van der Waals surface area contributed by atoms with E-state index in [4.69, 9.17) is 8.83 Å². The summed E-state index contributed by atoms with van der Waals surface area (Å²) in [6.45, 7) is 8.39. The molecule has 7 heteroatoms. The molecule has 1 amide bonds. The highest BCUT2D eigenvalue weighted by Gasteiger charge is 2.25. The van der Waals surface area contributed by atoms with Crippen LogP contribution in [0.4, 0.5) is 5.82 Å². The number of pyridine rings is 1. The van der Waals surface area contributed by atoms with Crippen molar-refractivity contribution >= 4 is 33.7 Å². The van der Waals surface area contributed by atoms with Crippen LogP contribution in [0.3, 0.4) is 0 Å². The molecule has 0 N–H and O–H groups in total. The second-order valence-electron chi connectivity index (χ2n) is 8.40. The Morgan fingerprint density at radius 2 is 1.81 bits per heavy atom. The number of piperazine rings is 1. The highest BCUT2D eigenvalue weighted by Crippen LogP contribution is 2.32. The monoisotopic (exact) mass is 431 g/mol. The van der Waals surface area contributed by atoms with Gasteiger partial charge in [0.05, 0.1) is 18.2 Å². The van der Waals surface area contributed by atoms with Gasteiger partial charge in [-0.05, 0) is 50.1 Å². The van der Waals surface area contributed by atoms with Gasteiger partial charge in [0.1, 0.15) is 17.0 Å². The Hall–Kier alpha value is -3.61. The van der Waals surface area contributed by atoms with Gasteiger partial charge in [0, 0.05) is 48.7 Å². The fourth-order valence-corrected chi connectivity index (χ4v) is 4.51. The van der Waals surface area contributed by atoms with E-state index in [1.54, 1.807) is 12.5 Å². The number of benzene rings is 1. The molecule has 32 heavy (non-hydrogen) atoms. The number of hydrogen-bond donors (Lipinski definition) is 0. The molecule has 0 radical (unpaired) electrons. The van der Waals surface area contributed by atoms with Gasteiger partial charge in [0.25, 0.3) is 0 Å². The van der Waals surface area contributed by atoms with E-state index in [1.165, 1.54) is 0 Å². The van der Waals surface area contributed by atoms with Crippen molar-refractivity contribution in [1.82, 2.24) is 9.88 Å². The van der Waals surface area contributed by atoms with E-state index in [1.807, 2.05) is 49.9 Å². The fourth-order valence-electron chi connectivity index (χ4n) is 4.51. The Morgan fingerprint density at radius 1 is 1.03 bits per heavy atom. The zero-order valence-corrected chi connectivity index (χ0v) is 18.5. The van der Waals surface area contributed by atoms with Crippen LogP contribution in [0.2, 0.25) is 0 Å². The van der Waals surface area contributed by atoms with Gasteiger partial charge < -0.3 is 18.6 Å². The first-order valence-electron chi connectivity index (χ1n) is 10.8. The van der Waals surface area contributed by atoms with Gasteiger partial charge in [0.2, 0.25) is 5.91 Å². The number of aryl methyl sites for hydroxylation is 3. The quantitative estimate of drug-likeness (QED) is 0.460. The van der Waals surface area contributed by atoms with Gasteiger partial charge in [-0.3, -0.25) is 4.79 Å². The van der Waals surface area contributed by atoms with Crippen LogP contribution in [-0.2, 0) is 11.2 Å². The average molecular weight is 431 g/mol. The average Bonchev–Trinajstić information content (AvgIpc) is 3.19.